The van der Waals surface area contributed by atoms with E-state index in [1.807, 2.05) is 13.8 Å². The van der Waals surface area contributed by atoms with Gasteiger partial charge in [-0.05, 0) is 55.8 Å². The number of amides is 2. The SMILES string of the molecule is CCNC(=O)COc1ccc(C(=O)NC(C)c2ccc(Cl)cc2Cl)cc1. The number of benzene rings is 2. The van der Waals surface area contributed by atoms with Gasteiger partial charge in [0.15, 0.2) is 6.61 Å². The average molecular weight is 395 g/mol. The number of carbonyl (C=O) groups excluding carboxylic acids is 2. The Morgan fingerprint density at radius 1 is 1.12 bits per heavy atom. The summed E-state index contributed by atoms with van der Waals surface area (Å²) in [5.41, 5.74) is 1.26. The molecule has 1 unspecified atom stereocenters. The Morgan fingerprint density at radius 3 is 2.42 bits per heavy atom. The van der Waals surface area contributed by atoms with Crippen molar-refractivity contribution in [3.05, 3.63) is 63.6 Å². The van der Waals surface area contributed by atoms with E-state index in [-0.39, 0.29) is 24.5 Å². The zero-order chi connectivity index (χ0) is 19.1. The maximum absolute atomic E-state index is 12.4. The number of likely N-dealkylation sites (N-methyl/N-ethyl adjacent to an activating group) is 1. The maximum atomic E-state index is 12.4. The molecule has 2 amide bonds. The van der Waals surface area contributed by atoms with Gasteiger partial charge in [0, 0.05) is 22.2 Å². The zero-order valence-corrected chi connectivity index (χ0v) is 16.0. The molecule has 2 aromatic rings. The molecule has 0 aliphatic rings. The molecule has 26 heavy (non-hydrogen) atoms. The molecular formula is C19H20Cl2N2O3. The third kappa shape index (κ3) is 5.64. The first-order valence-corrected chi connectivity index (χ1v) is 8.91. The van der Waals surface area contributed by atoms with Gasteiger partial charge in [-0.1, -0.05) is 29.3 Å². The van der Waals surface area contributed by atoms with E-state index in [4.69, 9.17) is 27.9 Å². The van der Waals surface area contributed by atoms with Gasteiger partial charge in [-0.15, -0.1) is 0 Å². The molecule has 0 saturated heterocycles. The Hall–Kier alpha value is -2.24. The molecule has 2 aromatic carbocycles. The molecule has 0 saturated carbocycles. The van der Waals surface area contributed by atoms with Crippen LogP contribution in [0.2, 0.25) is 10.0 Å². The Kier molecular flexibility index (Phi) is 7.30. The molecular weight excluding hydrogens is 375 g/mol. The molecule has 0 aromatic heterocycles. The van der Waals surface area contributed by atoms with Crippen LogP contribution in [0.5, 0.6) is 5.75 Å². The van der Waals surface area contributed by atoms with Gasteiger partial charge in [0.05, 0.1) is 6.04 Å². The summed E-state index contributed by atoms with van der Waals surface area (Å²) < 4.78 is 5.36. The molecule has 0 heterocycles. The third-order valence-electron chi connectivity index (χ3n) is 3.64. The number of carbonyl (C=O) groups is 2. The molecule has 0 fully saturated rings. The highest BCUT2D eigenvalue weighted by Crippen LogP contribution is 2.26. The van der Waals surface area contributed by atoms with Gasteiger partial charge in [0.2, 0.25) is 0 Å². The molecule has 0 aliphatic heterocycles. The summed E-state index contributed by atoms with van der Waals surface area (Å²) in [6.07, 6.45) is 0. The minimum Gasteiger partial charge on any atom is -0.484 e. The van der Waals surface area contributed by atoms with Gasteiger partial charge in [0.1, 0.15) is 5.75 Å². The van der Waals surface area contributed by atoms with E-state index in [1.54, 1.807) is 42.5 Å². The number of hydrogen-bond donors (Lipinski definition) is 2. The summed E-state index contributed by atoms with van der Waals surface area (Å²) in [5.74, 6) is 0.0865. The third-order valence-corrected chi connectivity index (χ3v) is 4.20. The lowest BCUT2D eigenvalue weighted by Crippen LogP contribution is -2.28. The first kappa shape index (κ1) is 20.1. The van der Waals surface area contributed by atoms with Crippen LogP contribution in [0.15, 0.2) is 42.5 Å². The van der Waals surface area contributed by atoms with Crippen molar-refractivity contribution < 1.29 is 14.3 Å². The number of rotatable bonds is 7. The predicted molar refractivity (Wildman–Crippen MR) is 103 cm³/mol. The number of nitrogens with one attached hydrogen (secondary N) is 2. The second-order valence-corrected chi connectivity index (χ2v) is 6.47. The molecule has 1 atom stereocenters. The fourth-order valence-electron chi connectivity index (χ4n) is 2.31. The van der Waals surface area contributed by atoms with Crippen molar-refractivity contribution in [1.82, 2.24) is 10.6 Å². The van der Waals surface area contributed by atoms with E-state index in [0.717, 1.165) is 5.56 Å². The molecule has 138 valence electrons. The second kappa shape index (κ2) is 9.46. The summed E-state index contributed by atoms with van der Waals surface area (Å²) in [5, 5.41) is 6.57. The van der Waals surface area contributed by atoms with Gasteiger partial charge in [-0.3, -0.25) is 9.59 Å². The Morgan fingerprint density at radius 2 is 1.81 bits per heavy atom. The molecule has 7 heteroatoms. The molecule has 2 rings (SSSR count). The first-order valence-electron chi connectivity index (χ1n) is 8.16. The van der Waals surface area contributed by atoms with E-state index < -0.39 is 0 Å². The molecule has 0 aliphatic carbocycles. The minimum atomic E-state index is -0.277. The monoisotopic (exact) mass is 394 g/mol. The lowest BCUT2D eigenvalue weighted by molar-refractivity contribution is -0.122. The zero-order valence-electron chi connectivity index (χ0n) is 14.5. The Balaban J connectivity index is 1.95. The van der Waals surface area contributed by atoms with Gasteiger partial charge in [-0.2, -0.15) is 0 Å². The molecule has 0 spiro atoms. The Labute approximate surface area is 162 Å². The highest BCUT2D eigenvalue weighted by molar-refractivity contribution is 6.35. The lowest BCUT2D eigenvalue weighted by Gasteiger charge is -2.16. The Bertz CT molecular complexity index is 779. The highest BCUT2D eigenvalue weighted by Gasteiger charge is 2.14. The van der Waals surface area contributed by atoms with E-state index in [2.05, 4.69) is 10.6 Å². The van der Waals surface area contributed by atoms with Crippen LogP contribution in [0.1, 0.15) is 35.8 Å². The fourth-order valence-corrected chi connectivity index (χ4v) is 2.88. The predicted octanol–water partition coefficient (Wildman–Crippen LogP) is 4.00. The van der Waals surface area contributed by atoms with Crippen molar-refractivity contribution in [2.24, 2.45) is 0 Å². The van der Waals surface area contributed by atoms with Crippen LogP contribution in [0.3, 0.4) is 0 Å². The second-order valence-electron chi connectivity index (χ2n) is 5.63. The van der Waals surface area contributed by atoms with Crippen LogP contribution in [0, 0.1) is 0 Å². The first-order chi connectivity index (χ1) is 12.4. The van der Waals surface area contributed by atoms with Crippen molar-refractivity contribution in [2.75, 3.05) is 13.2 Å². The summed E-state index contributed by atoms with van der Waals surface area (Å²) in [4.78, 5) is 23.8. The van der Waals surface area contributed by atoms with Crippen LogP contribution >= 0.6 is 23.2 Å². The summed E-state index contributed by atoms with van der Waals surface area (Å²) in [6.45, 7) is 4.17. The minimum absolute atomic E-state index is 0.0640. The van der Waals surface area contributed by atoms with E-state index in [0.29, 0.717) is 27.9 Å². The van der Waals surface area contributed by atoms with Crippen molar-refractivity contribution in [1.29, 1.82) is 0 Å². The van der Waals surface area contributed by atoms with Crippen molar-refractivity contribution in [2.45, 2.75) is 19.9 Å². The molecule has 0 bridgehead atoms. The van der Waals surface area contributed by atoms with Crippen LogP contribution < -0.4 is 15.4 Å². The molecule has 0 radical (unpaired) electrons. The molecule has 2 N–H and O–H groups in total. The van der Waals surface area contributed by atoms with Crippen LogP contribution in [-0.2, 0) is 4.79 Å². The number of ether oxygens (including phenoxy) is 1. The average Bonchev–Trinajstić information content (AvgIpc) is 2.60. The summed E-state index contributed by atoms with van der Waals surface area (Å²) in [6, 6.07) is 11.4. The standard InChI is InChI=1S/C19H20Cl2N2O3/c1-3-22-18(24)11-26-15-7-4-13(5-8-15)19(25)23-12(2)16-9-6-14(20)10-17(16)21/h4-10,12H,3,11H2,1-2H3,(H,22,24)(H,23,25). The van der Waals surface area contributed by atoms with Crippen molar-refractivity contribution in [3.63, 3.8) is 0 Å². The van der Waals surface area contributed by atoms with Crippen molar-refractivity contribution >= 4 is 35.0 Å². The van der Waals surface area contributed by atoms with Crippen LogP contribution in [0.25, 0.3) is 0 Å². The normalized spacial score (nSPS) is 11.5. The smallest absolute Gasteiger partial charge is 0.257 e. The van der Waals surface area contributed by atoms with Crippen molar-refractivity contribution in [3.8, 4) is 5.75 Å². The maximum Gasteiger partial charge on any atom is 0.257 e. The highest BCUT2D eigenvalue weighted by atomic mass is 35.5. The van der Waals surface area contributed by atoms with Gasteiger partial charge in [-0.25, -0.2) is 0 Å². The van der Waals surface area contributed by atoms with Crippen LogP contribution in [0.4, 0.5) is 0 Å². The van der Waals surface area contributed by atoms with E-state index in [9.17, 15) is 9.59 Å². The quantitative estimate of drug-likeness (QED) is 0.745. The van der Waals surface area contributed by atoms with Gasteiger partial charge >= 0.3 is 0 Å². The summed E-state index contributed by atoms with van der Waals surface area (Å²) in [7, 11) is 0. The largest absolute Gasteiger partial charge is 0.484 e. The summed E-state index contributed by atoms with van der Waals surface area (Å²) >= 11 is 12.1. The lowest BCUT2D eigenvalue weighted by atomic mass is 10.1. The van der Waals surface area contributed by atoms with E-state index >= 15 is 0 Å². The van der Waals surface area contributed by atoms with Gasteiger partial charge in [0.25, 0.3) is 11.8 Å². The topological polar surface area (TPSA) is 67.4 Å². The fraction of sp³-hybridized carbons (Fsp3) is 0.263. The number of halogens is 2. The van der Waals surface area contributed by atoms with Gasteiger partial charge < -0.3 is 15.4 Å². The molecule has 5 nitrogen and oxygen atoms in total. The number of hydrogen-bond acceptors (Lipinski definition) is 3. The van der Waals surface area contributed by atoms with E-state index in [1.165, 1.54) is 0 Å². The van der Waals surface area contributed by atoms with Crippen LogP contribution in [-0.4, -0.2) is 25.0 Å².